The van der Waals surface area contributed by atoms with Crippen molar-refractivity contribution in [3.8, 4) is 0 Å². The summed E-state index contributed by atoms with van der Waals surface area (Å²) < 4.78 is 0. The van der Waals surface area contributed by atoms with E-state index in [9.17, 15) is 9.59 Å². The van der Waals surface area contributed by atoms with Gasteiger partial charge in [-0.15, -0.1) is 11.8 Å². The summed E-state index contributed by atoms with van der Waals surface area (Å²) in [5.41, 5.74) is 1.46. The van der Waals surface area contributed by atoms with Crippen molar-refractivity contribution in [2.45, 2.75) is 6.92 Å². The third-order valence-electron chi connectivity index (χ3n) is 3.13. The maximum Gasteiger partial charge on any atom is 0.237 e. The Hall–Kier alpha value is -2.14. The number of nitrogens with zero attached hydrogens (tertiary/aromatic N) is 2. The molecule has 114 valence electrons. The Morgan fingerprint density at radius 3 is 2.50 bits per heavy atom. The smallest absolute Gasteiger partial charge is 0.237 e. The van der Waals surface area contributed by atoms with Crippen LogP contribution < -0.4 is 4.90 Å². The van der Waals surface area contributed by atoms with Gasteiger partial charge in [-0.2, -0.15) is 0 Å². The number of Topliss-reactive ketones (excluding diaryl/α,β-unsaturated/α-hetero) is 1. The fourth-order valence-corrected chi connectivity index (χ4v) is 2.82. The Kier molecular flexibility index (Phi) is 6.15. The predicted molar refractivity (Wildman–Crippen MR) is 90.4 cm³/mol. The largest absolute Gasteiger partial charge is 0.310 e. The van der Waals surface area contributed by atoms with Crippen LogP contribution in [0.1, 0.15) is 17.3 Å². The molecule has 0 atom stereocenters. The maximum atomic E-state index is 12.3. The number of carbonyl (C=O) groups is 2. The van der Waals surface area contributed by atoms with E-state index >= 15 is 0 Å². The summed E-state index contributed by atoms with van der Waals surface area (Å²) in [6, 6.07) is 12.8. The highest BCUT2D eigenvalue weighted by molar-refractivity contribution is 8.00. The molecule has 0 aliphatic rings. The van der Waals surface area contributed by atoms with E-state index in [-0.39, 0.29) is 17.4 Å². The van der Waals surface area contributed by atoms with Gasteiger partial charge in [-0.3, -0.25) is 14.6 Å². The van der Waals surface area contributed by atoms with Gasteiger partial charge in [0.25, 0.3) is 0 Å². The molecule has 22 heavy (non-hydrogen) atoms. The lowest BCUT2D eigenvalue weighted by molar-refractivity contribution is -0.116. The highest BCUT2D eigenvalue weighted by Gasteiger charge is 2.15. The second-order valence-corrected chi connectivity index (χ2v) is 5.62. The van der Waals surface area contributed by atoms with Gasteiger partial charge in [0.05, 0.1) is 23.4 Å². The van der Waals surface area contributed by atoms with Crippen LogP contribution in [0.15, 0.2) is 54.9 Å². The monoisotopic (exact) mass is 314 g/mol. The number of aromatic nitrogens is 1. The van der Waals surface area contributed by atoms with Gasteiger partial charge >= 0.3 is 0 Å². The predicted octanol–water partition coefficient (Wildman–Crippen LogP) is 3.05. The molecule has 2 rings (SSSR count). The van der Waals surface area contributed by atoms with E-state index in [0.717, 1.165) is 5.69 Å². The number of ketones is 1. The van der Waals surface area contributed by atoms with Crippen molar-refractivity contribution < 1.29 is 9.59 Å². The van der Waals surface area contributed by atoms with Crippen molar-refractivity contribution in [2.75, 3.05) is 23.0 Å². The zero-order valence-electron chi connectivity index (χ0n) is 12.4. The number of hydrogen-bond acceptors (Lipinski definition) is 4. The summed E-state index contributed by atoms with van der Waals surface area (Å²) in [6.45, 7) is 2.50. The Balaban J connectivity index is 1.86. The van der Waals surface area contributed by atoms with E-state index in [1.807, 2.05) is 31.2 Å². The van der Waals surface area contributed by atoms with Crippen molar-refractivity contribution in [1.29, 1.82) is 0 Å². The first-order valence-electron chi connectivity index (χ1n) is 7.08. The second kappa shape index (κ2) is 8.34. The molecule has 0 saturated carbocycles. The van der Waals surface area contributed by atoms with Gasteiger partial charge in [0.15, 0.2) is 5.78 Å². The molecular weight excluding hydrogens is 296 g/mol. The molecule has 5 heteroatoms. The molecule has 0 spiro atoms. The molecule has 0 unspecified atom stereocenters. The van der Waals surface area contributed by atoms with E-state index in [4.69, 9.17) is 0 Å². The van der Waals surface area contributed by atoms with Crippen LogP contribution in [0, 0.1) is 0 Å². The number of pyridine rings is 1. The molecule has 0 N–H and O–H groups in total. The second-order valence-electron chi connectivity index (χ2n) is 4.63. The normalized spacial score (nSPS) is 10.2. The lowest BCUT2D eigenvalue weighted by atomic mass is 10.2. The highest BCUT2D eigenvalue weighted by Crippen LogP contribution is 2.14. The Bertz CT molecular complexity index is 617. The van der Waals surface area contributed by atoms with E-state index in [0.29, 0.717) is 17.9 Å². The minimum atomic E-state index is -0.0126. The first-order valence-corrected chi connectivity index (χ1v) is 8.24. The van der Waals surface area contributed by atoms with Crippen molar-refractivity contribution in [3.63, 3.8) is 0 Å². The topological polar surface area (TPSA) is 50.3 Å². The van der Waals surface area contributed by atoms with Crippen LogP contribution in [0.2, 0.25) is 0 Å². The first kappa shape index (κ1) is 16.2. The summed E-state index contributed by atoms with van der Waals surface area (Å²) >= 11 is 1.34. The van der Waals surface area contributed by atoms with Gasteiger partial charge in [0.2, 0.25) is 5.91 Å². The van der Waals surface area contributed by atoms with Gasteiger partial charge < -0.3 is 4.90 Å². The summed E-state index contributed by atoms with van der Waals surface area (Å²) in [5.74, 6) is 0.617. The molecule has 0 aliphatic carbocycles. The quantitative estimate of drug-likeness (QED) is 0.737. The van der Waals surface area contributed by atoms with Crippen LogP contribution in [-0.4, -0.2) is 34.7 Å². The zero-order valence-corrected chi connectivity index (χ0v) is 13.3. The van der Waals surface area contributed by atoms with E-state index in [2.05, 4.69) is 4.98 Å². The standard InChI is InChI=1S/C17H18N2O2S/c1-2-19(15-9-6-10-18-11-15)17(21)13-22-12-16(20)14-7-4-3-5-8-14/h3-11H,2,12-13H2,1H3. The van der Waals surface area contributed by atoms with E-state index < -0.39 is 0 Å². The number of rotatable bonds is 7. The summed E-state index contributed by atoms with van der Waals surface area (Å²) in [5, 5.41) is 0. The van der Waals surface area contributed by atoms with Crippen LogP contribution in [0.25, 0.3) is 0 Å². The molecule has 0 saturated heterocycles. The molecular formula is C17H18N2O2S. The fraction of sp³-hybridized carbons (Fsp3) is 0.235. The van der Waals surface area contributed by atoms with Crippen LogP contribution >= 0.6 is 11.8 Å². The fourth-order valence-electron chi connectivity index (χ4n) is 2.03. The molecule has 1 aromatic heterocycles. The van der Waals surface area contributed by atoms with Crippen LogP contribution in [0.5, 0.6) is 0 Å². The minimum Gasteiger partial charge on any atom is -0.310 e. The summed E-state index contributed by atoms with van der Waals surface area (Å²) in [7, 11) is 0. The Morgan fingerprint density at radius 1 is 1.09 bits per heavy atom. The third kappa shape index (κ3) is 4.43. The highest BCUT2D eigenvalue weighted by atomic mass is 32.2. The Labute approximate surface area is 134 Å². The summed E-state index contributed by atoms with van der Waals surface area (Å²) in [6.07, 6.45) is 3.34. The average molecular weight is 314 g/mol. The molecule has 4 nitrogen and oxygen atoms in total. The van der Waals surface area contributed by atoms with Crippen LogP contribution in [0.3, 0.4) is 0 Å². The molecule has 1 heterocycles. The van der Waals surface area contributed by atoms with Crippen molar-refractivity contribution >= 4 is 29.1 Å². The Morgan fingerprint density at radius 2 is 1.86 bits per heavy atom. The molecule has 0 fully saturated rings. The third-order valence-corrected chi connectivity index (χ3v) is 4.05. The van der Waals surface area contributed by atoms with Crippen molar-refractivity contribution in [1.82, 2.24) is 4.98 Å². The molecule has 0 bridgehead atoms. The number of hydrogen-bond donors (Lipinski definition) is 0. The van der Waals surface area contributed by atoms with Crippen molar-refractivity contribution in [2.24, 2.45) is 0 Å². The average Bonchev–Trinajstić information content (AvgIpc) is 2.57. The maximum absolute atomic E-state index is 12.3. The van der Waals surface area contributed by atoms with Gasteiger partial charge in [0.1, 0.15) is 0 Å². The van der Waals surface area contributed by atoms with Gasteiger partial charge in [-0.25, -0.2) is 0 Å². The summed E-state index contributed by atoms with van der Waals surface area (Å²) in [4.78, 5) is 29.9. The lowest BCUT2D eigenvalue weighted by Crippen LogP contribution is -2.32. The minimum absolute atomic E-state index is 0.0126. The van der Waals surface area contributed by atoms with Crippen molar-refractivity contribution in [3.05, 3.63) is 60.4 Å². The van der Waals surface area contributed by atoms with Crippen LogP contribution in [-0.2, 0) is 4.79 Å². The van der Waals surface area contributed by atoms with Crippen LogP contribution in [0.4, 0.5) is 5.69 Å². The van der Waals surface area contributed by atoms with E-state index in [1.54, 1.807) is 35.5 Å². The number of anilines is 1. The molecule has 2 aromatic rings. The number of carbonyl (C=O) groups excluding carboxylic acids is 2. The zero-order chi connectivity index (χ0) is 15.8. The van der Waals surface area contributed by atoms with E-state index in [1.165, 1.54) is 11.8 Å². The first-order chi connectivity index (χ1) is 10.7. The van der Waals surface area contributed by atoms with Gasteiger partial charge in [0, 0.05) is 18.3 Å². The molecule has 1 aromatic carbocycles. The number of amides is 1. The van der Waals surface area contributed by atoms with Gasteiger partial charge in [-0.1, -0.05) is 30.3 Å². The molecule has 0 radical (unpaired) electrons. The lowest BCUT2D eigenvalue weighted by Gasteiger charge is -2.20. The molecule has 0 aliphatic heterocycles. The number of benzene rings is 1. The molecule has 1 amide bonds. The SMILES string of the molecule is CCN(C(=O)CSCC(=O)c1ccccc1)c1cccnc1. The number of thioether (sulfide) groups is 1. The van der Waals surface area contributed by atoms with Gasteiger partial charge in [-0.05, 0) is 19.1 Å².